The van der Waals surface area contributed by atoms with Crippen LogP contribution in [0.2, 0.25) is 0 Å². The zero-order valence-corrected chi connectivity index (χ0v) is 10.5. The molecular formula is C14H25NO. The van der Waals surface area contributed by atoms with Crippen LogP contribution in [0, 0.1) is 23.7 Å². The van der Waals surface area contributed by atoms with Gasteiger partial charge in [0, 0.05) is 5.92 Å². The van der Waals surface area contributed by atoms with Gasteiger partial charge in [-0.15, -0.1) is 0 Å². The standard InChI is InChI=1S/C14H25NO/c1-2-3-10-4-5-12-9-13(14(15)16)7-6-11(12)8-10/h10-13H,2-9H2,1H3,(H2,15,16). The normalized spacial score (nSPS) is 39.1. The molecule has 2 rings (SSSR count). The quantitative estimate of drug-likeness (QED) is 0.785. The van der Waals surface area contributed by atoms with Crippen LogP contribution >= 0.6 is 0 Å². The highest BCUT2D eigenvalue weighted by molar-refractivity contribution is 5.76. The van der Waals surface area contributed by atoms with Crippen molar-refractivity contribution in [2.45, 2.75) is 58.3 Å². The monoisotopic (exact) mass is 223 g/mol. The summed E-state index contributed by atoms with van der Waals surface area (Å²) in [5, 5.41) is 0. The maximum Gasteiger partial charge on any atom is 0.220 e. The molecule has 0 aromatic rings. The van der Waals surface area contributed by atoms with Crippen molar-refractivity contribution in [3.63, 3.8) is 0 Å². The molecule has 0 spiro atoms. The highest BCUT2D eigenvalue weighted by Crippen LogP contribution is 2.45. The number of hydrogen-bond acceptors (Lipinski definition) is 1. The first-order valence-electron chi connectivity index (χ1n) is 7.00. The fourth-order valence-corrected chi connectivity index (χ4v) is 3.92. The molecule has 4 atom stereocenters. The topological polar surface area (TPSA) is 43.1 Å². The Kier molecular flexibility index (Phi) is 3.88. The summed E-state index contributed by atoms with van der Waals surface area (Å²) in [5.74, 6) is 2.80. The van der Waals surface area contributed by atoms with Gasteiger partial charge in [-0.05, 0) is 49.9 Å². The summed E-state index contributed by atoms with van der Waals surface area (Å²) >= 11 is 0. The average molecular weight is 223 g/mol. The number of hydrogen-bond donors (Lipinski definition) is 1. The molecule has 0 heterocycles. The Morgan fingerprint density at radius 1 is 1.12 bits per heavy atom. The Balaban J connectivity index is 1.87. The van der Waals surface area contributed by atoms with Gasteiger partial charge in [-0.3, -0.25) is 4.79 Å². The minimum Gasteiger partial charge on any atom is -0.369 e. The van der Waals surface area contributed by atoms with Gasteiger partial charge in [0.25, 0.3) is 0 Å². The van der Waals surface area contributed by atoms with Crippen molar-refractivity contribution >= 4 is 5.91 Å². The van der Waals surface area contributed by atoms with Gasteiger partial charge in [0.2, 0.25) is 5.91 Å². The van der Waals surface area contributed by atoms with Gasteiger partial charge in [0.15, 0.2) is 0 Å². The Labute approximate surface area is 99.0 Å². The lowest BCUT2D eigenvalue weighted by molar-refractivity contribution is -0.124. The fourth-order valence-electron chi connectivity index (χ4n) is 3.92. The zero-order valence-electron chi connectivity index (χ0n) is 10.5. The predicted molar refractivity (Wildman–Crippen MR) is 65.8 cm³/mol. The third-order valence-corrected chi connectivity index (χ3v) is 4.82. The second-order valence-electron chi connectivity index (χ2n) is 5.90. The third-order valence-electron chi connectivity index (χ3n) is 4.82. The number of nitrogens with two attached hydrogens (primary N) is 1. The molecule has 2 saturated carbocycles. The van der Waals surface area contributed by atoms with Gasteiger partial charge in [-0.1, -0.05) is 26.2 Å². The van der Waals surface area contributed by atoms with E-state index in [0.29, 0.717) is 0 Å². The maximum absolute atomic E-state index is 11.2. The zero-order chi connectivity index (χ0) is 11.5. The van der Waals surface area contributed by atoms with Crippen molar-refractivity contribution in [1.82, 2.24) is 0 Å². The van der Waals surface area contributed by atoms with Crippen LogP contribution in [0.1, 0.15) is 58.3 Å². The van der Waals surface area contributed by atoms with Crippen molar-refractivity contribution in [2.24, 2.45) is 29.4 Å². The molecule has 2 aliphatic carbocycles. The molecule has 2 fully saturated rings. The summed E-state index contributed by atoms with van der Waals surface area (Å²) < 4.78 is 0. The molecule has 2 nitrogen and oxygen atoms in total. The van der Waals surface area contributed by atoms with Crippen LogP contribution in [0.25, 0.3) is 0 Å². The van der Waals surface area contributed by atoms with Gasteiger partial charge >= 0.3 is 0 Å². The molecule has 2 aliphatic rings. The van der Waals surface area contributed by atoms with Crippen LogP contribution in [-0.2, 0) is 4.79 Å². The summed E-state index contributed by atoms with van der Waals surface area (Å²) in [6, 6.07) is 0. The molecule has 16 heavy (non-hydrogen) atoms. The van der Waals surface area contributed by atoms with Gasteiger partial charge < -0.3 is 5.73 Å². The van der Waals surface area contributed by atoms with E-state index in [0.717, 1.165) is 30.6 Å². The number of rotatable bonds is 3. The Morgan fingerprint density at radius 3 is 2.50 bits per heavy atom. The molecule has 0 bridgehead atoms. The molecule has 4 unspecified atom stereocenters. The molecule has 92 valence electrons. The lowest BCUT2D eigenvalue weighted by Crippen LogP contribution is -2.36. The Bertz CT molecular complexity index is 251. The molecule has 0 radical (unpaired) electrons. The second kappa shape index (κ2) is 5.20. The van der Waals surface area contributed by atoms with Crippen LogP contribution in [-0.4, -0.2) is 5.91 Å². The fraction of sp³-hybridized carbons (Fsp3) is 0.929. The van der Waals surface area contributed by atoms with Gasteiger partial charge in [-0.2, -0.15) is 0 Å². The minimum atomic E-state index is -0.0610. The summed E-state index contributed by atoms with van der Waals surface area (Å²) in [5.41, 5.74) is 5.43. The molecule has 0 aliphatic heterocycles. The second-order valence-corrected chi connectivity index (χ2v) is 5.90. The van der Waals surface area contributed by atoms with Gasteiger partial charge in [-0.25, -0.2) is 0 Å². The summed E-state index contributed by atoms with van der Waals surface area (Å²) in [6.45, 7) is 2.29. The molecular weight excluding hydrogens is 198 g/mol. The maximum atomic E-state index is 11.2. The number of fused-ring (bicyclic) bond motifs is 1. The summed E-state index contributed by atoms with van der Waals surface area (Å²) in [4.78, 5) is 11.2. The predicted octanol–water partition coefficient (Wildman–Crippen LogP) is 3.10. The van der Waals surface area contributed by atoms with Crippen LogP contribution in [0.3, 0.4) is 0 Å². The highest BCUT2D eigenvalue weighted by atomic mass is 16.1. The highest BCUT2D eigenvalue weighted by Gasteiger charge is 2.36. The Hall–Kier alpha value is -0.530. The summed E-state index contributed by atoms with van der Waals surface area (Å²) in [6.07, 6.45) is 10.3. The van der Waals surface area contributed by atoms with Crippen LogP contribution in [0.5, 0.6) is 0 Å². The number of carbonyl (C=O) groups is 1. The van der Waals surface area contributed by atoms with E-state index < -0.39 is 0 Å². The average Bonchev–Trinajstić information content (AvgIpc) is 2.28. The molecule has 0 saturated heterocycles. The lowest BCUT2D eigenvalue weighted by Gasteiger charge is -2.41. The van der Waals surface area contributed by atoms with Crippen LogP contribution in [0.15, 0.2) is 0 Å². The molecule has 0 aromatic carbocycles. The van der Waals surface area contributed by atoms with E-state index in [4.69, 9.17) is 5.73 Å². The molecule has 2 N–H and O–H groups in total. The van der Waals surface area contributed by atoms with E-state index in [2.05, 4.69) is 6.92 Å². The molecule has 0 aromatic heterocycles. The summed E-state index contributed by atoms with van der Waals surface area (Å²) in [7, 11) is 0. The first kappa shape index (κ1) is 11.9. The largest absolute Gasteiger partial charge is 0.369 e. The lowest BCUT2D eigenvalue weighted by atomic mass is 9.64. The van der Waals surface area contributed by atoms with E-state index >= 15 is 0 Å². The van der Waals surface area contributed by atoms with Crippen LogP contribution < -0.4 is 5.73 Å². The first-order chi connectivity index (χ1) is 7.70. The van der Waals surface area contributed by atoms with E-state index in [1.807, 2.05) is 0 Å². The van der Waals surface area contributed by atoms with Gasteiger partial charge in [0.1, 0.15) is 0 Å². The van der Waals surface area contributed by atoms with E-state index in [9.17, 15) is 4.79 Å². The first-order valence-corrected chi connectivity index (χ1v) is 7.00. The van der Waals surface area contributed by atoms with E-state index in [-0.39, 0.29) is 11.8 Å². The SMILES string of the molecule is CCCC1CCC2CC(C(N)=O)CCC2C1. The van der Waals surface area contributed by atoms with Crippen molar-refractivity contribution in [1.29, 1.82) is 0 Å². The van der Waals surface area contributed by atoms with Crippen molar-refractivity contribution < 1.29 is 4.79 Å². The number of amides is 1. The third kappa shape index (κ3) is 2.58. The smallest absolute Gasteiger partial charge is 0.220 e. The Morgan fingerprint density at radius 2 is 1.81 bits per heavy atom. The molecule has 2 heteroatoms. The molecule has 1 amide bonds. The number of primary amides is 1. The number of carbonyl (C=O) groups excluding carboxylic acids is 1. The van der Waals surface area contributed by atoms with Crippen molar-refractivity contribution in [3.05, 3.63) is 0 Å². The van der Waals surface area contributed by atoms with Crippen molar-refractivity contribution in [3.8, 4) is 0 Å². The van der Waals surface area contributed by atoms with Gasteiger partial charge in [0.05, 0.1) is 0 Å². The van der Waals surface area contributed by atoms with Crippen LogP contribution in [0.4, 0.5) is 0 Å². The van der Waals surface area contributed by atoms with E-state index in [1.54, 1.807) is 0 Å². The van der Waals surface area contributed by atoms with E-state index in [1.165, 1.54) is 38.5 Å². The van der Waals surface area contributed by atoms with Crippen molar-refractivity contribution in [2.75, 3.05) is 0 Å². The minimum absolute atomic E-state index is 0.0610.